The first-order chi connectivity index (χ1) is 3.83. The highest BCUT2D eigenvalue weighted by atomic mass is 35.5. The molecule has 0 amide bonds. The van der Waals surface area contributed by atoms with Gasteiger partial charge in [0, 0.05) is 6.04 Å². The Balaban J connectivity index is 0.000000640. The lowest BCUT2D eigenvalue weighted by molar-refractivity contribution is 0.296. The number of hydrogen-bond acceptors (Lipinski definition) is 2. The maximum atomic E-state index is 5.59. The molecule has 9 heavy (non-hydrogen) atoms. The summed E-state index contributed by atoms with van der Waals surface area (Å²) in [7, 11) is 0. The number of nitrogens with two attached hydrogens (primary N) is 1. The zero-order valence-electron chi connectivity index (χ0n) is 5.67. The first kappa shape index (κ1) is 9.60. The van der Waals surface area contributed by atoms with E-state index in [-0.39, 0.29) is 12.4 Å². The third-order valence-corrected chi connectivity index (χ3v) is 2.48. The van der Waals surface area contributed by atoms with Crippen LogP contribution in [0.25, 0.3) is 0 Å². The molecule has 0 saturated heterocycles. The summed E-state index contributed by atoms with van der Waals surface area (Å²) in [5.74, 6) is 2.26. The number of halogens is 1. The Kier molecular flexibility index (Phi) is 4.72. The Morgan fingerprint density at radius 2 is 2.11 bits per heavy atom. The first-order valence-electron chi connectivity index (χ1n) is 3.07. The molecule has 0 radical (unpaired) electrons. The van der Waals surface area contributed by atoms with Crippen molar-refractivity contribution in [2.75, 3.05) is 12.0 Å². The quantitative estimate of drug-likeness (QED) is 0.675. The van der Waals surface area contributed by atoms with Gasteiger partial charge in [0.2, 0.25) is 0 Å². The van der Waals surface area contributed by atoms with Crippen LogP contribution in [0.2, 0.25) is 0 Å². The second-order valence-corrected chi connectivity index (χ2v) is 3.46. The van der Waals surface area contributed by atoms with E-state index in [0.717, 1.165) is 5.92 Å². The van der Waals surface area contributed by atoms with Gasteiger partial charge in [0.25, 0.3) is 0 Å². The van der Waals surface area contributed by atoms with Crippen LogP contribution in [-0.4, -0.2) is 18.1 Å². The normalized spacial score (nSPS) is 32.7. The lowest BCUT2D eigenvalue weighted by atomic mass is 9.82. The van der Waals surface area contributed by atoms with Crippen molar-refractivity contribution in [1.82, 2.24) is 0 Å². The maximum absolute atomic E-state index is 5.59. The van der Waals surface area contributed by atoms with E-state index in [1.54, 1.807) is 0 Å². The van der Waals surface area contributed by atoms with Gasteiger partial charge in [-0.1, -0.05) is 0 Å². The lowest BCUT2D eigenvalue weighted by Crippen LogP contribution is -2.37. The zero-order chi connectivity index (χ0) is 5.98. The molecule has 1 aliphatic carbocycles. The summed E-state index contributed by atoms with van der Waals surface area (Å²) in [5, 5.41) is 0. The molecule has 1 fully saturated rings. The molecular formula is C6H14ClNS. The number of thioether (sulfide) groups is 1. The van der Waals surface area contributed by atoms with Crippen LogP contribution in [0.4, 0.5) is 0 Å². The van der Waals surface area contributed by atoms with Crippen LogP contribution in [0.5, 0.6) is 0 Å². The summed E-state index contributed by atoms with van der Waals surface area (Å²) < 4.78 is 0. The molecule has 1 saturated carbocycles. The van der Waals surface area contributed by atoms with Crippen molar-refractivity contribution >= 4 is 24.2 Å². The van der Waals surface area contributed by atoms with E-state index < -0.39 is 0 Å². The van der Waals surface area contributed by atoms with Crippen LogP contribution in [0, 0.1) is 5.92 Å². The predicted molar refractivity (Wildman–Crippen MR) is 46.3 cm³/mol. The van der Waals surface area contributed by atoms with E-state index in [2.05, 4.69) is 6.26 Å². The second-order valence-electron chi connectivity index (χ2n) is 2.55. The van der Waals surface area contributed by atoms with Crippen molar-refractivity contribution in [3.05, 3.63) is 0 Å². The highest BCUT2D eigenvalue weighted by Gasteiger charge is 2.24. The van der Waals surface area contributed by atoms with Gasteiger partial charge in [-0.3, -0.25) is 0 Å². The maximum Gasteiger partial charge on any atom is 0.00447 e. The van der Waals surface area contributed by atoms with Crippen molar-refractivity contribution in [3.63, 3.8) is 0 Å². The molecule has 0 unspecified atom stereocenters. The van der Waals surface area contributed by atoms with E-state index in [0.29, 0.717) is 6.04 Å². The summed E-state index contributed by atoms with van der Waals surface area (Å²) in [6, 6.07) is 0.534. The molecule has 0 spiro atoms. The Bertz CT molecular complexity index is 70.7. The molecule has 1 aliphatic rings. The molecule has 0 bridgehead atoms. The van der Waals surface area contributed by atoms with Crippen LogP contribution in [0.1, 0.15) is 12.8 Å². The fourth-order valence-electron chi connectivity index (χ4n) is 1.16. The lowest BCUT2D eigenvalue weighted by Gasteiger charge is -2.31. The average Bonchev–Trinajstić information content (AvgIpc) is 1.64. The van der Waals surface area contributed by atoms with Gasteiger partial charge in [-0.25, -0.2) is 0 Å². The number of rotatable bonds is 2. The molecule has 0 heterocycles. The molecule has 0 aromatic heterocycles. The van der Waals surface area contributed by atoms with Gasteiger partial charge in [-0.05, 0) is 30.8 Å². The van der Waals surface area contributed by atoms with Gasteiger partial charge < -0.3 is 5.73 Å². The van der Waals surface area contributed by atoms with Gasteiger partial charge in [-0.2, -0.15) is 11.8 Å². The standard InChI is InChI=1S/C6H13NS.ClH/c1-8-4-5-2-6(7)3-5;/h5-6H,2-4,7H2,1H3;1H. The van der Waals surface area contributed by atoms with E-state index in [1.165, 1.54) is 18.6 Å². The molecule has 56 valence electrons. The zero-order valence-corrected chi connectivity index (χ0v) is 7.30. The molecule has 3 heteroatoms. The molecular weight excluding hydrogens is 154 g/mol. The molecule has 0 aliphatic heterocycles. The van der Waals surface area contributed by atoms with Crippen LogP contribution >= 0.6 is 24.2 Å². The largest absolute Gasteiger partial charge is 0.328 e. The minimum absolute atomic E-state index is 0. The summed E-state index contributed by atoms with van der Waals surface area (Å²) in [6.45, 7) is 0. The predicted octanol–water partition coefficient (Wildman–Crippen LogP) is 1.51. The third kappa shape index (κ3) is 2.78. The van der Waals surface area contributed by atoms with Crippen molar-refractivity contribution in [1.29, 1.82) is 0 Å². The topological polar surface area (TPSA) is 26.0 Å². The fourth-order valence-corrected chi connectivity index (χ4v) is 1.90. The van der Waals surface area contributed by atoms with E-state index in [9.17, 15) is 0 Å². The average molecular weight is 168 g/mol. The molecule has 0 aromatic carbocycles. The van der Waals surface area contributed by atoms with Gasteiger partial charge in [-0.15, -0.1) is 12.4 Å². The van der Waals surface area contributed by atoms with Crippen LogP contribution < -0.4 is 5.73 Å². The Morgan fingerprint density at radius 1 is 1.56 bits per heavy atom. The Morgan fingerprint density at radius 3 is 2.44 bits per heavy atom. The fraction of sp³-hybridized carbons (Fsp3) is 1.00. The third-order valence-electron chi connectivity index (χ3n) is 1.67. The van der Waals surface area contributed by atoms with Gasteiger partial charge in [0.15, 0.2) is 0 Å². The molecule has 2 N–H and O–H groups in total. The van der Waals surface area contributed by atoms with E-state index >= 15 is 0 Å². The Hall–Kier alpha value is 0.600. The second kappa shape index (κ2) is 4.42. The summed E-state index contributed by atoms with van der Waals surface area (Å²) in [5.41, 5.74) is 5.59. The molecule has 0 aromatic rings. The van der Waals surface area contributed by atoms with Gasteiger partial charge in [0.1, 0.15) is 0 Å². The summed E-state index contributed by atoms with van der Waals surface area (Å²) in [4.78, 5) is 0. The van der Waals surface area contributed by atoms with E-state index in [1.807, 2.05) is 11.8 Å². The first-order valence-corrected chi connectivity index (χ1v) is 4.47. The molecule has 0 atom stereocenters. The van der Waals surface area contributed by atoms with Crippen LogP contribution in [0.15, 0.2) is 0 Å². The minimum atomic E-state index is 0. The van der Waals surface area contributed by atoms with Crippen LogP contribution in [0.3, 0.4) is 0 Å². The van der Waals surface area contributed by atoms with Gasteiger partial charge in [0.05, 0.1) is 0 Å². The van der Waals surface area contributed by atoms with E-state index in [4.69, 9.17) is 5.73 Å². The van der Waals surface area contributed by atoms with Crippen molar-refractivity contribution < 1.29 is 0 Å². The smallest absolute Gasteiger partial charge is 0.00447 e. The molecule has 1 nitrogen and oxygen atoms in total. The summed E-state index contributed by atoms with van der Waals surface area (Å²) in [6.07, 6.45) is 4.69. The van der Waals surface area contributed by atoms with Gasteiger partial charge >= 0.3 is 0 Å². The number of hydrogen-bond donors (Lipinski definition) is 1. The monoisotopic (exact) mass is 167 g/mol. The van der Waals surface area contributed by atoms with Crippen LogP contribution in [-0.2, 0) is 0 Å². The highest BCUT2D eigenvalue weighted by molar-refractivity contribution is 7.98. The minimum Gasteiger partial charge on any atom is -0.328 e. The SMILES string of the molecule is CSCC1CC(N)C1.Cl. The van der Waals surface area contributed by atoms with Crippen molar-refractivity contribution in [2.24, 2.45) is 11.7 Å². The molecule has 1 rings (SSSR count). The highest BCUT2D eigenvalue weighted by Crippen LogP contribution is 2.27. The van der Waals surface area contributed by atoms with Crippen molar-refractivity contribution in [3.8, 4) is 0 Å². The van der Waals surface area contributed by atoms with Crippen molar-refractivity contribution in [2.45, 2.75) is 18.9 Å². The Labute approximate surface area is 67.2 Å². The summed E-state index contributed by atoms with van der Waals surface area (Å²) >= 11 is 1.93.